The Labute approximate surface area is 163 Å². The summed E-state index contributed by atoms with van der Waals surface area (Å²) >= 11 is 6.06. The third-order valence-electron chi connectivity index (χ3n) is 4.71. The predicted octanol–water partition coefficient (Wildman–Crippen LogP) is 3.81. The lowest BCUT2D eigenvalue weighted by molar-refractivity contribution is 0.0796. The predicted molar refractivity (Wildman–Crippen MR) is 106 cm³/mol. The fraction of sp³-hybridized carbons (Fsp3) is 0.400. The van der Waals surface area contributed by atoms with Gasteiger partial charge < -0.3 is 19.4 Å². The number of nitrogens with zero attached hydrogens (tertiary/aromatic N) is 1. The Hall–Kier alpha value is -2.31. The van der Waals surface area contributed by atoms with E-state index in [1.807, 2.05) is 25.1 Å². The molecule has 1 aromatic heterocycles. The fourth-order valence-electron chi connectivity index (χ4n) is 3.27. The van der Waals surface area contributed by atoms with Crippen LogP contribution in [0.2, 0.25) is 5.02 Å². The summed E-state index contributed by atoms with van der Waals surface area (Å²) < 4.78 is 10.8. The Morgan fingerprint density at radius 2 is 1.93 bits per heavy atom. The number of carbonyl (C=O) groups excluding carboxylic acids is 1. The molecule has 27 heavy (non-hydrogen) atoms. The van der Waals surface area contributed by atoms with E-state index in [4.69, 9.17) is 20.8 Å². The van der Waals surface area contributed by atoms with Crippen LogP contribution in [-0.2, 0) is 4.74 Å². The van der Waals surface area contributed by atoms with Gasteiger partial charge in [0.05, 0.1) is 11.4 Å². The number of aryl methyl sites for hydroxylation is 1. The van der Waals surface area contributed by atoms with Crippen molar-refractivity contribution in [2.45, 2.75) is 25.7 Å². The van der Waals surface area contributed by atoms with E-state index >= 15 is 0 Å². The topological polar surface area (TPSA) is 71.8 Å². The zero-order valence-electron chi connectivity index (χ0n) is 15.7. The highest BCUT2D eigenvalue weighted by Crippen LogP contribution is 2.29. The number of ether oxygens (including phenoxy) is 1. The molecule has 0 radical (unpaired) electrons. The van der Waals surface area contributed by atoms with Crippen LogP contribution in [0.4, 0.5) is 11.4 Å². The van der Waals surface area contributed by atoms with Gasteiger partial charge in [-0.05, 0) is 49.6 Å². The van der Waals surface area contributed by atoms with E-state index in [2.05, 4.69) is 5.32 Å². The van der Waals surface area contributed by atoms with E-state index in [0.717, 1.165) is 18.5 Å². The molecule has 7 heteroatoms. The standard InChI is InChI=1S/C20H23ClN2O4/c1-12-10-17(13-6-8-26-9-7-13)27-20(25)18(12)19(24)22-15-11-14(21)4-5-16(15)23(2)3/h4-5,10-11,13H,6-9H2,1-3H3,(H,22,24). The second-order valence-corrected chi connectivity index (χ2v) is 7.33. The fourth-order valence-corrected chi connectivity index (χ4v) is 3.44. The molecule has 0 atom stereocenters. The number of hydrogen-bond acceptors (Lipinski definition) is 5. The molecule has 0 spiro atoms. The number of amides is 1. The van der Waals surface area contributed by atoms with Crippen LogP contribution in [0.5, 0.6) is 0 Å². The van der Waals surface area contributed by atoms with Gasteiger partial charge in [-0.25, -0.2) is 4.79 Å². The number of rotatable bonds is 4. The Morgan fingerprint density at radius 1 is 1.22 bits per heavy atom. The summed E-state index contributed by atoms with van der Waals surface area (Å²) in [7, 11) is 3.72. The molecule has 1 amide bonds. The van der Waals surface area contributed by atoms with Gasteiger partial charge in [-0.3, -0.25) is 4.79 Å². The highest BCUT2D eigenvalue weighted by molar-refractivity contribution is 6.31. The molecule has 0 bridgehead atoms. The minimum atomic E-state index is -0.623. The second kappa shape index (κ2) is 8.15. The number of halogens is 1. The van der Waals surface area contributed by atoms with Crippen LogP contribution in [0.25, 0.3) is 0 Å². The van der Waals surface area contributed by atoms with E-state index in [9.17, 15) is 9.59 Å². The molecule has 6 nitrogen and oxygen atoms in total. The first-order chi connectivity index (χ1) is 12.9. The van der Waals surface area contributed by atoms with Crippen molar-refractivity contribution in [3.05, 3.63) is 56.6 Å². The Bertz CT molecular complexity index is 901. The third kappa shape index (κ3) is 4.34. The summed E-state index contributed by atoms with van der Waals surface area (Å²) in [4.78, 5) is 27.2. The molecular weight excluding hydrogens is 368 g/mol. The summed E-state index contributed by atoms with van der Waals surface area (Å²) in [5, 5.41) is 3.28. The van der Waals surface area contributed by atoms with Gasteiger partial charge in [-0.15, -0.1) is 0 Å². The van der Waals surface area contributed by atoms with Crippen molar-refractivity contribution < 1.29 is 13.9 Å². The number of carbonyl (C=O) groups is 1. The van der Waals surface area contributed by atoms with Crippen molar-refractivity contribution in [2.24, 2.45) is 0 Å². The summed E-state index contributed by atoms with van der Waals surface area (Å²) in [6.07, 6.45) is 1.62. The molecule has 1 fully saturated rings. The highest BCUT2D eigenvalue weighted by Gasteiger charge is 2.23. The van der Waals surface area contributed by atoms with Gasteiger partial charge in [0.2, 0.25) is 0 Å². The molecule has 144 valence electrons. The smallest absolute Gasteiger partial charge is 0.349 e. The molecule has 2 aromatic rings. The molecular formula is C20H23ClN2O4. The summed E-state index contributed by atoms with van der Waals surface area (Å²) in [5.41, 5.74) is 1.30. The first-order valence-electron chi connectivity index (χ1n) is 8.87. The van der Waals surface area contributed by atoms with Gasteiger partial charge in [0, 0.05) is 38.2 Å². The minimum Gasteiger partial charge on any atom is -0.427 e. The van der Waals surface area contributed by atoms with E-state index in [-0.39, 0.29) is 11.5 Å². The average molecular weight is 391 g/mol. The minimum absolute atomic E-state index is 0.00971. The van der Waals surface area contributed by atoms with Crippen molar-refractivity contribution in [1.29, 1.82) is 0 Å². The van der Waals surface area contributed by atoms with Crippen molar-refractivity contribution in [2.75, 3.05) is 37.5 Å². The second-order valence-electron chi connectivity index (χ2n) is 6.89. The summed E-state index contributed by atoms with van der Waals surface area (Å²) in [5.74, 6) is 0.259. The Balaban J connectivity index is 1.89. The van der Waals surface area contributed by atoms with E-state index < -0.39 is 11.5 Å². The maximum absolute atomic E-state index is 12.8. The van der Waals surface area contributed by atoms with Crippen LogP contribution in [0.15, 0.2) is 33.5 Å². The maximum Gasteiger partial charge on any atom is 0.349 e. The molecule has 0 saturated carbocycles. The zero-order chi connectivity index (χ0) is 19.6. The molecule has 1 aromatic carbocycles. The molecule has 1 aliphatic rings. The normalized spacial score (nSPS) is 14.8. The SMILES string of the molecule is Cc1cc(C2CCOCC2)oc(=O)c1C(=O)Nc1cc(Cl)ccc1N(C)C. The van der Waals surface area contributed by atoms with E-state index in [1.54, 1.807) is 25.1 Å². The Morgan fingerprint density at radius 3 is 2.56 bits per heavy atom. The number of nitrogens with one attached hydrogen (secondary N) is 1. The Kier molecular flexibility index (Phi) is 5.87. The third-order valence-corrected chi connectivity index (χ3v) is 4.94. The molecule has 3 rings (SSSR count). The monoisotopic (exact) mass is 390 g/mol. The summed E-state index contributed by atoms with van der Waals surface area (Å²) in [6.45, 7) is 3.05. The first kappa shape index (κ1) is 19.5. The quantitative estimate of drug-likeness (QED) is 0.859. The number of hydrogen-bond donors (Lipinski definition) is 1. The van der Waals surface area contributed by atoms with Crippen molar-refractivity contribution in [1.82, 2.24) is 0 Å². The molecule has 0 unspecified atom stereocenters. The lowest BCUT2D eigenvalue weighted by atomic mass is 9.95. The van der Waals surface area contributed by atoms with Gasteiger partial charge in [-0.1, -0.05) is 11.6 Å². The van der Waals surface area contributed by atoms with Crippen molar-refractivity contribution in [3.63, 3.8) is 0 Å². The lowest BCUT2D eigenvalue weighted by Crippen LogP contribution is -2.25. The van der Waals surface area contributed by atoms with Crippen molar-refractivity contribution in [3.8, 4) is 0 Å². The largest absolute Gasteiger partial charge is 0.427 e. The highest BCUT2D eigenvalue weighted by atomic mass is 35.5. The molecule has 1 N–H and O–H groups in total. The lowest BCUT2D eigenvalue weighted by Gasteiger charge is -2.21. The van der Waals surface area contributed by atoms with Crippen molar-refractivity contribution >= 4 is 28.9 Å². The van der Waals surface area contributed by atoms with Crippen LogP contribution in [0.1, 0.15) is 40.4 Å². The van der Waals surface area contributed by atoms with Gasteiger partial charge in [0.25, 0.3) is 5.91 Å². The number of benzene rings is 1. The molecule has 0 aliphatic carbocycles. The zero-order valence-corrected chi connectivity index (χ0v) is 16.4. The van der Waals surface area contributed by atoms with Crippen LogP contribution in [0, 0.1) is 6.92 Å². The van der Waals surface area contributed by atoms with Gasteiger partial charge in [0.1, 0.15) is 11.3 Å². The maximum atomic E-state index is 12.8. The van der Waals surface area contributed by atoms with E-state index in [0.29, 0.717) is 35.2 Å². The van der Waals surface area contributed by atoms with E-state index in [1.165, 1.54) is 0 Å². The molecule has 1 aliphatic heterocycles. The average Bonchev–Trinajstić information content (AvgIpc) is 2.61. The molecule has 2 heterocycles. The van der Waals surface area contributed by atoms with Gasteiger partial charge in [0.15, 0.2) is 0 Å². The number of anilines is 2. The van der Waals surface area contributed by atoms with Gasteiger partial charge >= 0.3 is 5.63 Å². The molecule has 1 saturated heterocycles. The summed E-state index contributed by atoms with van der Waals surface area (Å²) in [6, 6.07) is 7.00. The first-order valence-corrected chi connectivity index (χ1v) is 9.25. The van der Waals surface area contributed by atoms with Crippen LogP contribution in [-0.4, -0.2) is 33.2 Å². The van der Waals surface area contributed by atoms with Crippen LogP contribution in [0.3, 0.4) is 0 Å². The van der Waals surface area contributed by atoms with Crippen LogP contribution >= 0.6 is 11.6 Å². The van der Waals surface area contributed by atoms with Gasteiger partial charge in [-0.2, -0.15) is 0 Å². The van der Waals surface area contributed by atoms with Crippen LogP contribution < -0.4 is 15.8 Å².